The van der Waals surface area contributed by atoms with Gasteiger partial charge in [0.25, 0.3) is 0 Å². The Morgan fingerprint density at radius 2 is 2.00 bits per heavy atom. The molecule has 0 amide bonds. The summed E-state index contributed by atoms with van der Waals surface area (Å²) in [6.07, 6.45) is 3.59. The molecule has 1 aromatic rings. The van der Waals surface area contributed by atoms with Crippen LogP contribution in [0, 0.1) is 19.8 Å². The van der Waals surface area contributed by atoms with Crippen molar-refractivity contribution in [1.82, 2.24) is 0 Å². The number of benzene rings is 1. The van der Waals surface area contributed by atoms with Crippen molar-refractivity contribution in [2.24, 2.45) is 5.92 Å². The SMILES string of the molecule is CCCC(CCl)Cc1cc(C)ccc1C. The van der Waals surface area contributed by atoms with Gasteiger partial charge < -0.3 is 0 Å². The highest BCUT2D eigenvalue weighted by molar-refractivity contribution is 6.18. The monoisotopic (exact) mass is 224 g/mol. The molecule has 0 saturated carbocycles. The fourth-order valence-corrected chi connectivity index (χ4v) is 2.24. The Morgan fingerprint density at radius 1 is 1.27 bits per heavy atom. The van der Waals surface area contributed by atoms with Crippen LogP contribution in [0.4, 0.5) is 0 Å². The van der Waals surface area contributed by atoms with Crippen molar-refractivity contribution in [1.29, 1.82) is 0 Å². The molecular formula is C14H21Cl. The van der Waals surface area contributed by atoms with Gasteiger partial charge in [0.2, 0.25) is 0 Å². The summed E-state index contributed by atoms with van der Waals surface area (Å²) < 4.78 is 0. The van der Waals surface area contributed by atoms with Crippen LogP contribution < -0.4 is 0 Å². The molecule has 0 saturated heterocycles. The zero-order chi connectivity index (χ0) is 11.3. The summed E-state index contributed by atoms with van der Waals surface area (Å²) in [5.41, 5.74) is 4.21. The fraction of sp³-hybridized carbons (Fsp3) is 0.571. The summed E-state index contributed by atoms with van der Waals surface area (Å²) in [4.78, 5) is 0. The largest absolute Gasteiger partial charge is 0.126 e. The lowest BCUT2D eigenvalue weighted by Crippen LogP contribution is -2.07. The molecule has 1 aromatic carbocycles. The van der Waals surface area contributed by atoms with Crippen LogP contribution in [0.2, 0.25) is 0 Å². The topological polar surface area (TPSA) is 0 Å². The van der Waals surface area contributed by atoms with Crippen molar-refractivity contribution >= 4 is 11.6 Å². The quantitative estimate of drug-likeness (QED) is 0.646. The second kappa shape index (κ2) is 6.17. The lowest BCUT2D eigenvalue weighted by Gasteiger charge is -2.15. The Bertz CT molecular complexity index is 304. The molecule has 0 nitrogen and oxygen atoms in total. The van der Waals surface area contributed by atoms with Gasteiger partial charge in [-0.25, -0.2) is 0 Å². The molecule has 0 heterocycles. The summed E-state index contributed by atoms with van der Waals surface area (Å²) >= 11 is 5.99. The highest BCUT2D eigenvalue weighted by Gasteiger charge is 2.09. The summed E-state index contributed by atoms with van der Waals surface area (Å²) in [5.74, 6) is 1.42. The average Bonchev–Trinajstić information content (AvgIpc) is 2.22. The second-order valence-corrected chi connectivity index (χ2v) is 4.75. The first kappa shape index (κ1) is 12.6. The Labute approximate surface area is 98.7 Å². The third kappa shape index (κ3) is 3.87. The van der Waals surface area contributed by atoms with Gasteiger partial charge in [-0.15, -0.1) is 11.6 Å². The van der Waals surface area contributed by atoms with E-state index in [2.05, 4.69) is 39.0 Å². The highest BCUT2D eigenvalue weighted by atomic mass is 35.5. The average molecular weight is 225 g/mol. The summed E-state index contributed by atoms with van der Waals surface area (Å²) in [6, 6.07) is 6.68. The van der Waals surface area contributed by atoms with Crippen molar-refractivity contribution in [3.05, 3.63) is 34.9 Å². The van der Waals surface area contributed by atoms with Crippen molar-refractivity contribution in [2.45, 2.75) is 40.0 Å². The lowest BCUT2D eigenvalue weighted by molar-refractivity contribution is 0.527. The van der Waals surface area contributed by atoms with Crippen molar-refractivity contribution in [3.8, 4) is 0 Å². The minimum Gasteiger partial charge on any atom is -0.126 e. The lowest BCUT2D eigenvalue weighted by atomic mass is 9.93. The molecule has 15 heavy (non-hydrogen) atoms. The molecule has 0 aliphatic heterocycles. The van der Waals surface area contributed by atoms with Crippen molar-refractivity contribution < 1.29 is 0 Å². The molecule has 0 bridgehead atoms. The predicted octanol–water partition coefficient (Wildman–Crippen LogP) is 4.50. The van der Waals surface area contributed by atoms with E-state index in [9.17, 15) is 0 Å². The zero-order valence-electron chi connectivity index (χ0n) is 10.0. The van der Waals surface area contributed by atoms with E-state index in [-0.39, 0.29) is 0 Å². The molecule has 0 aliphatic carbocycles. The van der Waals surface area contributed by atoms with Gasteiger partial charge in [0.15, 0.2) is 0 Å². The van der Waals surface area contributed by atoms with Crippen LogP contribution in [0.1, 0.15) is 36.5 Å². The minimum absolute atomic E-state index is 0.636. The van der Waals surface area contributed by atoms with E-state index >= 15 is 0 Å². The van der Waals surface area contributed by atoms with Crippen LogP contribution >= 0.6 is 11.6 Å². The van der Waals surface area contributed by atoms with Crippen LogP contribution in [-0.2, 0) is 6.42 Å². The molecule has 0 aliphatic rings. The van der Waals surface area contributed by atoms with Gasteiger partial charge in [-0.3, -0.25) is 0 Å². The molecule has 0 fully saturated rings. The maximum atomic E-state index is 5.99. The summed E-state index contributed by atoms with van der Waals surface area (Å²) in [5, 5.41) is 0. The van der Waals surface area contributed by atoms with E-state index in [1.165, 1.54) is 29.5 Å². The first-order valence-corrected chi connectivity index (χ1v) is 6.33. The van der Waals surface area contributed by atoms with Gasteiger partial charge >= 0.3 is 0 Å². The molecule has 1 atom stereocenters. The number of rotatable bonds is 5. The van der Waals surface area contributed by atoms with Gasteiger partial charge in [-0.1, -0.05) is 37.1 Å². The summed E-state index contributed by atoms with van der Waals surface area (Å²) in [6.45, 7) is 6.56. The predicted molar refractivity (Wildman–Crippen MR) is 68.7 cm³/mol. The molecule has 1 unspecified atom stereocenters. The number of hydrogen-bond acceptors (Lipinski definition) is 0. The Kier molecular flexibility index (Phi) is 5.17. The van der Waals surface area contributed by atoms with Gasteiger partial charge in [-0.05, 0) is 43.7 Å². The second-order valence-electron chi connectivity index (χ2n) is 4.44. The zero-order valence-corrected chi connectivity index (χ0v) is 10.8. The highest BCUT2D eigenvalue weighted by Crippen LogP contribution is 2.19. The summed E-state index contributed by atoms with van der Waals surface area (Å²) in [7, 11) is 0. The van der Waals surface area contributed by atoms with E-state index in [4.69, 9.17) is 11.6 Å². The van der Waals surface area contributed by atoms with Crippen molar-refractivity contribution in [3.63, 3.8) is 0 Å². The minimum atomic E-state index is 0.636. The third-order valence-electron chi connectivity index (χ3n) is 2.93. The first-order chi connectivity index (χ1) is 7.17. The van der Waals surface area contributed by atoms with E-state index in [1.54, 1.807) is 0 Å². The van der Waals surface area contributed by atoms with Crippen LogP contribution in [-0.4, -0.2) is 5.88 Å². The number of halogens is 1. The van der Waals surface area contributed by atoms with Gasteiger partial charge in [0.05, 0.1) is 0 Å². The van der Waals surface area contributed by atoms with Gasteiger partial charge in [0, 0.05) is 5.88 Å². The smallest absolute Gasteiger partial charge is 0.0254 e. The van der Waals surface area contributed by atoms with E-state index < -0.39 is 0 Å². The Balaban J connectivity index is 2.73. The van der Waals surface area contributed by atoms with Crippen LogP contribution in [0.5, 0.6) is 0 Å². The normalized spacial score (nSPS) is 12.8. The molecular weight excluding hydrogens is 204 g/mol. The van der Waals surface area contributed by atoms with Gasteiger partial charge in [-0.2, -0.15) is 0 Å². The molecule has 0 aromatic heterocycles. The molecule has 0 spiro atoms. The number of hydrogen-bond donors (Lipinski definition) is 0. The van der Waals surface area contributed by atoms with E-state index in [1.807, 2.05) is 0 Å². The number of alkyl halides is 1. The third-order valence-corrected chi connectivity index (χ3v) is 3.36. The molecule has 1 heteroatoms. The maximum absolute atomic E-state index is 5.99. The maximum Gasteiger partial charge on any atom is 0.0254 e. The van der Waals surface area contributed by atoms with E-state index in [0.717, 1.165) is 12.3 Å². The molecule has 84 valence electrons. The van der Waals surface area contributed by atoms with Crippen LogP contribution in [0.25, 0.3) is 0 Å². The Morgan fingerprint density at radius 3 is 2.60 bits per heavy atom. The fourth-order valence-electron chi connectivity index (χ4n) is 1.97. The molecule has 0 radical (unpaired) electrons. The van der Waals surface area contributed by atoms with E-state index in [0.29, 0.717) is 5.92 Å². The van der Waals surface area contributed by atoms with Crippen LogP contribution in [0.3, 0.4) is 0 Å². The Hall–Kier alpha value is -0.490. The van der Waals surface area contributed by atoms with Gasteiger partial charge in [0.1, 0.15) is 0 Å². The molecule has 1 rings (SSSR count). The number of aryl methyl sites for hydroxylation is 2. The van der Waals surface area contributed by atoms with Crippen molar-refractivity contribution in [2.75, 3.05) is 5.88 Å². The first-order valence-electron chi connectivity index (χ1n) is 5.79. The van der Waals surface area contributed by atoms with Crippen LogP contribution in [0.15, 0.2) is 18.2 Å². The standard InChI is InChI=1S/C14H21Cl/c1-4-5-13(10-15)9-14-8-11(2)6-7-12(14)3/h6-8,13H,4-5,9-10H2,1-3H3. The molecule has 0 N–H and O–H groups in total.